The highest BCUT2D eigenvalue weighted by atomic mass is 32.2. The van der Waals surface area contributed by atoms with Gasteiger partial charge >= 0.3 is 0 Å². The van der Waals surface area contributed by atoms with Crippen molar-refractivity contribution in [2.75, 3.05) is 18.6 Å². The molecule has 3 rings (SSSR count). The van der Waals surface area contributed by atoms with Gasteiger partial charge in [0.15, 0.2) is 9.84 Å². The monoisotopic (exact) mass is 375 g/mol. The summed E-state index contributed by atoms with van der Waals surface area (Å²) in [4.78, 5) is 14.3. The van der Waals surface area contributed by atoms with E-state index in [2.05, 4.69) is 0 Å². The van der Waals surface area contributed by atoms with Crippen molar-refractivity contribution in [1.82, 2.24) is 4.90 Å². The summed E-state index contributed by atoms with van der Waals surface area (Å²) >= 11 is 0. The molecule has 0 radical (unpaired) electrons. The minimum Gasteiger partial charge on any atom is -0.497 e. The van der Waals surface area contributed by atoms with Crippen LogP contribution in [0.2, 0.25) is 0 Å². The molecule has 2 aromatic rings. The number of furan rings is 1. The Kier molecular flexibility index (Phi) is 5.46. The van der Waals surface area contributed by atoms with E-state index in [4.69, 9.17) is 9.15 Å². The van der Waals surface area contributed by atoms with Gasteiger partial charge in [0, 0.05) is 12.1 Å². The Hall–Kier alpha value is -2.54. The number of nitrogens with zero attached hydrogens (tertiary/aromatic N) is 1. The van der Waals surface area contributed by atoms with Gasteiger partial charge in [0.1, 0.15) is 11.5 Å². The maximum absolute atomic E-state index is 12.7. The minimum atomic E-state index is -3.09. The summed E-state index contributed by atoms with van der Waals surface area (Å²) in [5, 5.41) is 0. The summed E-state index contributed by atoms with van der Waals surface area (Å²) in [5.74, 6) is 1.24. The van der Waals surface area contributed by atoms with Crippen LogP contribution in [-0.4, -0.2) is 43.9 Å². The van der Waals surface area contributed by atoms with Gasteiger partial charge in [0.2, 0.25) is 5.91 Å². The van der Waals surface area contributed by atoms with E-state index in [1.165, 1.54) is 12.3 Å². The highest BCUT2D eigenvalue weighted by Crippen LogP contribution is 2.21. The molecular weight excluding hydrogens is 354 g/mol. The largest absolute Gasteiger partial charge is 0.497 e. The van der Waals surface area contributed by atoms with Gasteiger partial charge in [-0.15, -0.1) is 0 Å². The fraction of sp³-hybridized carbons (Fsp3) is 0.316. The summed E-state index contributed by atoms with van der Waals surface area (Å²) in [6.07, 6.45) is 5.16. The Morgan fingerprint density at radius 3 is 2.65 bits per heavy atom. The highest BCUT2D eigenvalue weighted by Gasteiger charge is 2.34. The molecule has 0 saturated carbocycles. The molecule has 1 saturated heterocycles. The first-order valence-corrected chi connectivity index (χ1v) is 10.1. The number of carbonyl (C=O) groups is 1. The number of ether oxygens (including phenoxy) is 1. The lowest BCUT2D eigenvalue weighted by molar-refractivity contribution is -0.128. The van der Waals surface area contributed by atoms with Crippen LogP contribution in [-0.2, 0) is 21.2 Å². The van der Waals surface area contributed by atoms with E-state index < -0.39 is 9.84 Å². The number of sulfone groups is 1. The van der Waals surface area contributed by atoms with Gasteiger partial charge in [-0.3, -0.25) is 4.79 Å². The van der Waals surface area contributed by atoms with Gasteiger partial charge in [0.05, 0.1) is 31.4 Å². The van der Waals surface area contributed by atoms with E-state index in [1.54, 1.807) is 30.2 Å². The van der Waals surface area contributed by atoms with E-state index in [1.807, 2.05) is 24.3 Å². The lowest BCUT2D eigenvalue weighted by Gasteiger charge is -2.26. The van der Waals surface area contributed by atoms with E-state index >= 15 is 0 Å². The molecule has 1 amide bonds. The molecule has 0 aliphatic carbocycles. The van der Waals surface area contributed by atoms with Crippen LogP contribution in [0, 0.1) is 0 Å². The molecular formula is C19H21NO5S. The van der Waals surface area contributed by atoms with Crippen LogP contribution in [0.15, 0.2) is 53.2 Å². The van der Waals surface area contributed by atoms with Gasteiger partial charge in [-0.1, -0.05) is 12.1 Å². The zero-order valence-electron chi connectivity index (χ0n) is 14.5. The van der Waals surface area contributed by atoms with Crippen molar-refractivity contribution in [2.45, 2.75) is 19.0 Å². The molecule has 0 unspecified atom stereocenters. The van der Waals surface area contributed by atoms with E-state index in [0.717, 1.165) is 11.3 Å². The second-order valence-electron chi connectivity index (χ2n) is 6.21. The summed E-state index contributed by atoms with van der Waals surface area (Å²) in [6.45, 7) is 0.249. The maximum Gasteiger partial charge on any atom is 0.247 e. The summed E-state index contributed by atoms with van der Waals surface area (Å²) < 4.78 is 34.1. The van der Waals surface area contributed by atoms with Crippen molar-refractivity contribution in [2.24, 2.45) is 0 Å². The lowest BCUT2D eigenvalue weighted by Crippen LogP contribution is -2.39. The van der Waals surface area contributed by atoms with Crippen molar-refractivity contribution >= 4 is 21.8 Å². The molecule has 26 heavy (non-hydrogen) atoms. The number of hydrogen-bond donors (Lipinski definition) is 0. The summed E-state index contributed by atoms with van der Waals surface area (Å²) in [5.41, 5.74) is 0.858. The van der Waals surface area contributed by atoms with Gasteiger partial charge in [-0.05, 0) is 42.3 Å². The third-order valence-electron chi connectivity index (χ3n) is 4.37. The smallest absolute Gasteiger partial charge is 0.247 e. The van der Waals surface area contributed by atoms with Gasteiger partial charge in [-0.25, -0.2) is 8.42 Å². The zero-order chi connectivity index (χ0) is 18.6. The van der Waals surface area contributed by atoms with Crippen LogP contribution in [0.3, 0.4) is 0 Å². The molecule has 1 aromatic carbocycles. The van der Waals surface area contributed by atoms with Gasteiger partial charge in [-0.2, -0.15) is 0 Å². The second kappa shape index (κ2) is 7.78. The number of benzene rings is 1. The fourth-order valence-electron chi connectivity index (χ4n) is 2.96. The third-order valence-corrected chi connectivity index (χ3v) is 6.12. The first kappa shape index (κ1) is 18.3. The predicted molar refractivity (Wildman–Crippen MR) is 98.3 cm³/mol. The summed E-state index contributed by atoms with van der Waals surface area (Å²) in [6, 6.07) is 10.5. The van der Waals surface area contributed by atoms with Gasteiger partial charge < -0.3 is 14.1 Å². The molecule has 1 fully saturated rings. The normalized spacial score (nSPS) is 18.9. The molecule has 2 heterocycles. The van der Waals surface area contributed by atoms with E-state index in [9.17, 15) is 13.2 Å². The van der Waals surface area contributed by atoms with Crippen molar-refractivity contribution in [3.8, 4) is 5.75 Å². The standard InChI is InChI=1S/C19H21NO5S/c1-24-17-7-4-15(5-8-17)6-9-19(21)20(13-18-3-2-11-25-18)16-10-12-26(22,23)14-16/h2-9,11,16H,10,12-14H2,1H3/b9-6+/t16-/m0/s1. The molecule has 138 valence electrons. The number of carbonyl (C=O) groups excluding carboxylic acids is 1. The summed E-state index contributed by atoms with van der Waals surface area (Å²) in [7, 11) is -1.50. The molecule has 1 aliphatic rings. The van der Waals surface area contributed by atoms with Crippen molar-refractivity contribution in [3.05, 3.63) is 60.1 Å². The first-order chi connectivity index (χ1) is 12.5. The molecule has 6 nitrogen and oxygen atoms in total. The number of methoxy groups -OCH3 is 1. The number of hydrogen-bond acceptors (Lipinski definition) is 5. The lowest BCUT2D eigenvalue weighted by atomic mass is 10.1. The van der Waals surface area contributed by atoms with E-state index in [-0.39, 0.29) is 30.0 Å². The van der Waals surface area contributed by atoms with Crippen LogP contribution >= 0.6 is 0 Å². The van der Waals surface area contributed by atoms with Crippen LogP contribution in [0.1, 0.15) is 17.7 Å². The molecule has 1 atom stereocenters. The maximum atomic E-state index is 12.7. The van der Waals surface area contributed by atoms with E-state index in [0.29, 0.717) is 12.2 Å². The fourth-order valence-corrected chi connectivity index (χ4v) is 4.69. The van der Waals surface area contributed by atoms with Crippen LogP contribution in [0.4, 0.5) is 0 Å². The Bertz CT molecular complexity index is 869. The average molecular weight is 375 g/mol. The number of rotatable bonds is 6. The SMILES string of the molecule is COc1ccc(/C=C/C(=O)N(Cc2ccco2)[C@H]2CCS(=O)(=O)C2)cc1. The van der Waals surface area contributed by atoms with Crippen molar-refractivity contribution in [3.63, 3.8) is 0 Å². The molecule has 0 spiro atoms. The first-order valence-electron chi connectivity index (χ1n) is 8.32. The molecule has 0 bridgehead atoms. The average Bonchev–Trinajstić information content (AvgIpc) is 3.27. The second-order valence-corrected chi connectivity index (χ2v) is 8.44. The Morgan fingerprint density at radius 1 is 1.31 bits per heavy atom. The van der Waals surface area contributed by atoms with Crippen LogP contribution < -0.4 is 4.74 Å². The van der Waals surface area contributed by atoms with Crippen molar-refractivity contribution < 1.29 is 22.4 Å². The van der Waals surface area contributed by atoms with Crippen molar-refractivity contribution in [1.29, 1.82) is 0 Å². The molecule has 1 aromatic heterocycles. The Labute approximate surface area is 153 Å². The highest BCUT2D eigenvalue weighted by molar-refractivity contribution is 7.91. The third kappa shape index (κ3) is 4.54. The molecule has 1 aliphatic heterocycles. The predicted octanol–water partition coefficient (Wildman–Crippen LogP) is 2.52. The number of amides is 1. The Morgan fingerprint density at radius 2 is 2.08 bits per heavy atom. The minimum absolute atomic E-state index is 0.00414. The Balaban J connectivity index is 1.76. The van der Waals surface area contributed by atoms with Gasteiger partial charge in [0.25, 0.3) is 0 Å². The zero-order valence-corrected chi connectivity index (χ0v) is 15.3. The van der Waals surface area contributed by atoms with Crippen LogP contribution in [0.25, 0.3) is 6.08 Å². The molecule has 0 N–H and O–H groups in total. The molecule has 7 heteroatoms. The van der Waals surface area contributed by atoms with Crippen LogP contribution in [0.5, 0.6) is 5.75 Å². The quantitative estimate of drug-likeness (QED) is 0.725. The topological polar surface area (TPSA) is 76.8 Å².